The zero-order valence-electron chi connectivity index (χ0n) is 55.9. The normalized spacial score (nSPS) is 10.2. The Balaban J connectivity index is 0.000000179. The van der Waals surface area contributed by atoms with Gasteiger partial charge in [0.2, 0.25) is 0 Å². The van der Waals surface area contributed by atoms with Gasteiger partial charge in [0.05, 0.1) is 87.9 Å². The van der Waals surface area contributed by atoms with Crippen LogP contribution in [-0.4, -0.2) is 87.1 Å². The van der Waals surface area contributed by atoms with Crippen molar-refractivity contribution in [2.75, 3.05) is 67.6 Å². The van der Waals surface area contributed by atoms with Crippen LogP contribution in [0.5, 0.6) is 103 Å². The van der Waals surface area contributed by atoms with Crippen molar-refractivity contribution in [1.82, 2.24) is 4.98 Å². The Kier molecular flexibility index (Phi) is 27.2. The molecule has 10 aromatic carbocycles. The van der Waals surface area contributed by atoms with Gasteiger partial charge in [-0.15, -0.1) is 11.6 Å². The van der Waals surface area contributed by atoms with Gasteiger partial charge in [0.15, 0.2) is 57.5 Å². The molecule has 0 radical (unpaired) electrons. The number of alkyl halides is 1. The lowest BCUT2D eigenvalue weighted by Gasteiger charge is -2.16. The second kappa shape index (κ2) is 37.4. The molecule has 26 nitrogen and oxygen atoms in total. The van der Waals surface area contributed by atoms with E-state index in [2.05, 4.69) is 16.4 Å². The van der Waals surface area contributed by atoms with Gasteiger partial charge < -0.3 is 72.0 Å². The number of aromatic nitrogens is 1. The molecule has 11 aromatic rings. The number of hydrogen-bond donors (Lipinski definition) is 2. The highest BCUT2D eigenvalue weighted by Crippen LogP contribution is 2.42. The number of nitrogens with zero attached hydrogens (tertiary/aromatic N) is 5. The smallest absolute Gasteiger partial charge is 0.269 e. The average molecular weight is 1410 g/mol. The van der Waals surface area contributed by atoms with Crippen LogP contribution in [0.15, 0.2) is 219 Å². The number of phenolic OH excluding ortho intramolecular Hbond substituents is 1. The summed E-state index contributed by atoms with van der Waals surface area (Å²) in [6.45, 7) is 0.896. The SMILES string of the molecule is COc1ccc(O)cc1Oc1ccc([N+](=O)[O-])cc1.COc1ccc(OC)c(Oc2ccc(Nc3c(C#N)cnc4cc(OCCCCl)c(OC)cc34)cc2)c1.COc1ccc(OC)c(Oc2ccc([N+](=O)[O-])cc2)c1.COc1ccc(OCc2ccccc2)cc1Oc1ccc([N+](=O)[O-])cc1. The Bertz CT molecular complexity index is 4650. The first kappa shape index (κ1) is 74.4. The van der Waals surface area contributed by atoms with Crippen LogP contribution in [0.3, 0.4) is 0 Å². The van der Waals surface area contributed by atoms with E-state index in [4.69, 9.17) is 73.2 Å². The summed E-state index contributed by atoms with van der Waals surface area (Å²) in [5, 5.41) is 55.1. The van der Waals surface area contributed by atoms with E-state index in [1.54, 1.807) is 102 Å². The maximum atomic E-state index is 10.7. The molecule has 0 amide bonds. The standard InChI is InChI=1S/C28H26ClN3O5.C20H17NO5.C14H13NO5.C13H11NO5/c1-33-21-9-10-24(34-2)27(13-21)37-20-7-5-19(6-8-20)32-28-18(16-30)17-31-23-15-26(36-12-4-11-29)25(35-3)14-22(23)28;1-24-19-12-11-18(25-14-15-5-3-2-4-6-15)13-20(19)26-17-9-7-16(8-10-17)21(22)23;1-18-12-7-8-13(19-2)14(9-12)20-11-5-3-10(4-6-11)15(16)17;1-18-12-7-4-10(15)8-13(12)19-11-5-2-9(3-6-11)14(16)17/h5-10,13-15,17H,4,11-12H2,1-3H3,(H,31,32);2-13H,14H2,1H3;3-9H,1-2H3;2-8,15H,1H3. The van der Waals surface area contributed by atoms with E-state index in [1.165, 1.54) is 105 Å². The number of nitriles is 1. The molecule has 0 atom stereocenters. The van der Waals surface area contributed by atoms with E-state index < -0.39 is 14.8 Å². The summed E-state index contributed by atoms with van der Waals surface area (Å²) >= 11 is 5.76. The minimum atomic E-state index is -0.487. The van der Waals surface area contributed by atoms with E-state index in [0.29, 0.717) is 140 Å². The van der Waals surface area contributed by atoms with Crippen LogP contribution < -0.4 is 66.9 Å². The quantitative estimate of drug-likeness (QED) is 0.0209. The lowest BCUT2D eigenvalue weighted by Crippen LogP contribution is -2.02. The number of phenols is 1. The van der Waals surface area contributed by atoms with Gasteiger partial charge in [0, 0.05) is 89.9 Å². The summed E-state index contributed by atoms with van der Waals surface area (Å²) in [6, 6.07) is 60.5. The molecule has 0 fully saturated rings. The largest absolute Gasteiger partial charge is 0.508 e. The Morgan fingerprint density at radius 2 is 0.843 bits per heavy atom. The number of anilines is 2. The minimum absolute atomic E-state index is 0.00394. The number of aromatic hydroxyl groups is 1. The summed E-state index contributed by atoms with van der Waals surface area (Å²) in [4.78, 5) is 34.9. The molecule has 102 heavy (non-hydrogen) atoms. The molecule has 0 saturated carbocycles. The number of benzene rings is 10. The predicted octanol–water partition coefficient (Wildman–Crippen LogP) is 18.2. The number of nitro benzene ring substituents is 3. The molecule has 0 aliphatic heterocycles. The van der Waals surface area contributed by atoms with Crippen molar-refractivity contribution in [3.8, 4) is 110 Å². The third kappa shape index (κ3) is 21.1. The van der Waals surface area contributed by atoms with Gasteiger partial charge in [-0.1, -0.05) is 30.3 Å². The molecular weight excluding hydrogens is 1340 g/mol. The number of ether oxygens (including phenoxy) is 13. The van der Waals surface area contributed by atoms with Crippen molar-refractivity contribution in [2.45, 2.75) is 13.0 Å². The number of non-ortho nitro benzene ring substituents is 3. The fourth-order valence-electron chi connectivity index (χ4n) is 9.13. The maximum Gasteiger partial charge on any atom is 0.269 e. The van der Waals surface area contributed by atoms with Crippen molar-refractivity contribution < 1.29 is 81.5 Å². The second-order valence-corrected chi connectivity index (χ2v) is 21.2. The molecular formula is C75H67ClN6O20. The van der Waals surface area contributed by atoms with E-state index in [1.807, 2.05) is 60.7 Å². The lowest BCUT2D eigenvalue weighted by molar-refractivity contribution is -0.385. The molecule has 0 spiro atoms. The van der Waals surface area contributed by atoms with Crippen LogP contribution in [0.4, 0.5) is 28.4 Å². The van der Waals surface area contributed by atoms with E-state index in [9.17, 15) is 40.7 Å². The van der Waals surface area contributed by atoms with E-state index in [0.717, 1.165) is 16.6 Å². The third-order valence-electron chi connectivity index (χ3n) is 14.3. The van der Waals surface area contributed by atoms with Gasteiger partial charge >= 0.3 is 0 Å². The number of fused-ring (bicyclic) bond motifs is 1. The second-order valence-electron chi connectivity index (χ2n) is 20.8. The van der Waals surface area contributed by atoms with Gasteiger partial charge in [-0.25, -0.2) is 0 Å². The zero-order chi connectivity index (χ0) is 72.9. The first-order chi connectivity index (χ1) is 49.5. The molecule has 1 heterocycles. The molecule has 0 aliphatic rings. The number of pyridine rings is 1. The summed E-state index contributed by atoms with van der Waals surface area (Å²) in [7, 11) is 10.9. The highest BCUT2D eigenvalue weighted by molar-refractivity contribution is 6.17. The molecule has 0 saturated heterocycles. The minimum Gasteiger partial charge on any atom is -0.508 e. The summed E-state index contributed by atoms with van der Waals surface area (Å²) in [6.07, 6.45) is 2.24. The molecule has 0 aliphatic carbocycles. The molecule has 1 aromatic heterocycles. The fraction of sp³-hybridized carbons (Fsp3) is 0.147. The molecule has 2 N–H and O–H groups in total. The lowest BCUT2D eigenvalue weighted by atomic mass is 10.1. The Hall–Kier alpha value is -13.4. The molecule has 0 unspecified atom stereocenters. The maximum absolute atomic E-state index is 10.7. The van der Waals surface area contributed by atoms with Gasteiger partial charge in [-0.3, -0.25) is 35.3 Å². The van der Waals surface area contributed by atoms with Crippen LogP contribution in [0.25, 0.3) is 10.9 Å². The first-order valence-electron chi connectivity index (χ1n) is 30.6. The van der Waals surface area contributed by atoms with Gasteiger partial charge in [-0.05, 0) is 127 Å². The van der Waals surface area contributed by atoms with Crippen molar-refractivity contribution in [2.24, 2.45) is 0 Å². The molecule has 0 bridgehead atoms. The first-order valence-corrected chi connectivity index (χ1v) is 31.1. The highest BCUT2D eigenvalue weighted by atomic mass is 35.5. The number of rotatable bonds is 27. The topological polar surface area (TPSA) is 318 Å². The molecule has 27 heteroatoms. The summed E-state index contributed by atoms with van der Waals surface area (Å²) in [5.74, 6) is 9.46. The van der Waals surface area contributed by atoms with Gasteiger partial charge in [0.25, 0.3) is 17.1 Å². The van der Waals surface area contributed by atoms with Crippen LogP contribution >= 0.6 is 11.6 Å². The predicted molar refractivity (Wildman–Crippen MR) is 381 cm³/mol. The van der Waals surface area contributed by atoms with Crippen LogP contribution in [0, 0.1) is 41.7 Å². The Morgan fingerprint density at radius 3 is 1.25 bits per heavy atom. The number of nitrogens with one attached hydrogen (secondary N) is 1. The number of nitro groups is 3. The van der Waals surface area contributed by atoms with Crippen molar-refractivity contribution in [3.05, 3.63) is 260 Å². The third-order valence-corrected chi connectivity index (χ3v) is 14.5. The van der Waals surface area contributed by atoms with E-state index in [-0.39, 0.29) is 22.8 Å². The summed E-state index contributed by atoms with van der Waals surface area (Å²) < 4.78 is 71.5. The number of hydrogen-bond acceptors (Lipinski definition) is 23. The zero-order valence-corrected chi connectivity index (χ0v) is 56.7. The van der Waals surface area contributed by atoms with Crippen molar-refractivity contribution >= 4 is 50.9 Å². The molecule has 11 rings (SSSR count). The van der Waals surface area contributed by atoms with Gasteiger partial charge in [0.1, 0.15) is 58.7 Å². The highest BCUT2D eigenvalue weighted by Gasteiger charge is 2.18. The Morgan fingerprint density at radius 1 is 0.441 bits per heavy atom. The van der Waals surface area contributed by atoms with Gasteiger partial charge in [-0.2, -0.15) is 5.26 Å². The van der Waals surface area contributed by atoms with Crippen LogP contribution in [0.2, 0.25) is 0 Å². The fourth-order valence-corrected chi connectivity index (χ4v) is 9.24. The number of halogens is 1. The Labute approximate surface area is 590 Å². The van der Waals surface area contributed by atoms with Crippen LogP contribution in [-0.2, 0) is 6.61 Å². The van der Waals surface area contributed by atoms with Crippen LogP contribution in [0.1, 0.15) is 17.5 Å². The van der Waals surface area contributed by atoms with Crippen molar-refractivity contribution in [3.63, 3.8) is 0 Å². The van der Waals surface area contributed by atoms with E-state index >= 15 is 0 Å². The monoisotopic (exact) mass is 1410 g/mol. The molecule has 524 valence electrons. The average Bonchev–Trinajstić information content (AvgIpc) is 0.777. The summed E-state index contributed by atoms with van der Waals surface area (Å²) in [5.41, 5.74) is 3.48. The number of methoxy groups -OCH3 is 7. The van der Waals surface area contributed by atoms with Crippen molar-refractivity contribution in [1.29, 1.82) is 5.26 Å².